The van der Waals surface area contributed by atoms with E-state index in [9.17, 15) is 28.7 Å². The Morgan fingerprint density at radius 2 is 1.98 bits per heavy atom. The number of benzene rings is 1. The van der Waals surface area contributed by atoms with Crippen LogP contribution in [0, 0.1) is 30.1 Å². The summed E-state index contributed by atoms with van der Waals surface area (Å²) in [5, 5.41) is 22.0. The van der Waals surface area contributed by atoms with Gasteiger partial charge < -0.3 is 10.0 Å². The van der Waals surface area contributed by atoms with E-state index in [-0.39, 0.29) is 35.1 Å². The third-order valence-electron chi connectivity index (χ3n) is 9.16. The fourth-order valence-electron chi connectivity index (χ4n) is 6.22. The van der Waals surface area contributed by atoms with Gasteiger partial charge in [-0.25, -0.2) is 23.5 Å². The quantitative estimate of drug-likeness (QED) is 0.197. The SMILES string of the molecule is Cc1nc2cnc(N(C)C3(C)CCN(CC(F)F)CC3)c(C#N)c2c(=O)n1CC#Cc1ccc(Cl)cc1-c1ccnc2c(C(=O)O)csc12. The maximum atomic E-state index is 14.0. The lowest BCUT2D eigenvalue weighted by Crippen LogP contribution is -2.53. The molecule has 0 atom stereocenters. The molecule has 1 aliphatic heterocycles. The van der Waals surface area contributed by atoms with Crippen molar-refractivity contribution in [2.24, 2.45) is 0 Å². The van der Waals surface area contributed by atoms with Crippen LogP contribution in [-0.2, 0) is 6.54 Å². The molecule has 0 saturated carbocycles. The van der Waals surface area contributed by atoms with Crippen molar-refractivity contribution in [1.82, 2.24) is 24.4 Å². The zero-order chi connectivity index (χ0) is 35.0. The Morgan fingerprint density at radius 3 is 2.67 bits per heavy atom. The Kier molecular flexibility index (Phi) is 9.36. The van der Waals surface area contributed by atoms with Crippen LogP contribution in [0.15, 0.2) is 46.8 Å². The summed E-state index contributed by atoms with van der Waals surface area (Å²) in [4.78, 5) is 42.7. The molecule has 0 unspecified atom stereocenters. The van der Waals surface area contributed by atoms with Gasteiger partial charge in [0.15, 0.2) is 0 Å². The number of aryl methyl sites for hydroxylation is 1. The molecule has 1 fully saturated rings. The summed E-state index contributed by atoms with van der Waals surface area (Å²) in [5.41, 5.74) is 1.98. The minimum absolute atomic E-state index is 0.0281. The van der Waals surface area contributed by atoms with E-state index in [1.54, 1.807) is 47.7 Å². The van der Waals surface area contributed by atoms with Crippen molar-refractivity contribution in [3.8, 4) is 29.0 Å². The van der Waals surface area contributed by atoms with E-state index >= 15 is 0 Å². The normalized spacial score (nSPS) is 14.5. The summed E-state index contributed by atoms with van der Waals surface area (Å²) < 4.78 is 28.0. The number of aromatic carboxylic acids is 1. The number of hydrogen-bond donors (Lipinski definition) is 1. The summed E-state index contributed by atoms with van der Waals surface area (Å²) in [7, 11) is 1.81. The Hall–Kier alpha value is -4.95. The second-order valence-electron chi connectivity index (χ2n) is 12.1. The van der Waals surface area contributed by atoms with Gasteiger partial charge in [-0.2, -0.15) is 5.26 Å². The molecular formula is C35H30ClF2N7O3S. The fraction of sp³-hybridized carbons (Fsp3) is 0.314. The second-order valence-corrected chi connectivity index (χ2v) is 13.4. The van der Waals surface area contributed by atoms with E-state index in [2.05, 4.69) is 32.9 Å². The molecule has 250 valence electrons. The number of likely N-dealkylation sites (tertiary alicyclic amines) is 1. The van der Waals surface area contributed by atoms with Gasteiger partial charge in [0.05, 0.1) is 46.0 Å². The first-order chi connectivity index (χ1) is 23.4. The summed E-state index contributed by atoms with van der Waals surface area (Å²) in [6.07, 6.45) is 1.79. The lowest BCUT2D eigenvalue weighted by molar-refractivity contribution is 0.0654. The first-order valence-electron chi connectivity index (χ1n) is 15.3. The number of nitriles is 1. The molecule has 0 spiro atoms. The third-order valence-corrected chi connectivity index (χ3v) is 10.4. The molecule has 4 aromatic heterocycles. The summed E-state index contributed by atoms with van der Waals surface area (Å²) in [5.74, 6) is 5.87. The van der Waals surface area contributed by atoms with Gasteiger partial charge in [0.1, 0.15) is 23.3 Å². The Balaban J connectivity index is 1.35. The zero-order valence-corrected chi connectivity index (χ0v) is 28.4. The fourth-order valence-corrected chi connectivity index (χ4v) is 7.42. The average molecular weight is 702 g/mol. The number of fused-ring (bicyclic) bond motifs is 2. The van der Waals surface area contributed by atoms with E-state index in [0.29, 0.717) is 63.9 Å². The van der Waals surface area contributed by atoms with Crippen molar-refractivity contribution in [2.45, 2.75) is 45.2 Å². The number of carbonyl (C=O) groups is 1. The van der Waals surface area contributed by atoms with E-state index in [0.717, 1.165) is 5.56 Å². The number of thiophene rings is 1. The Labute approximate surface area is 289 Å². The highest BCUT2D eigenvalue weighted by Crippen LogP contribution is 2.37. The lowest BCUT2D eigenvalue weighted by atomic mass is 9.87. The number of piperidine rings is 1. The van der Waals surface area contributed by atoms with E-state index in [1.165, 1.54) is 22.1 Å². The van der Waals surface area contributed by atoms with Crippen molar-refractivity contribution in [3.05, 3.63) is 79.9 Å². The number of hydrogen-bond acceptors (Lipinski definition) is 9. The van der Waals surface area contributed by atoms with Crippen LogP contribution in [0.5, 0.6) is 0 Å². The predicted octanol–water partition coefficient (Wildman–Crippen LogP) is 6.21. The number of pyridine rings is 2. The highest BCUT2D eigenvalue weighted by atomic mass is 35.5. The topological polar surface area (TPSA) is 128 Å². The first kappa shape index (κ1) is 33.9. The maximum Gasteiger partial charge on any atom is 0.338 e. The van der Waals surface area contributed by atoms with Gasteiger partial charge in [0, 0.05) is 59.0 Å². The van der Waals surface area contributed by atoms with Gasteiger partial charge >= 0.3 is 5.97 Å². The van der Waals surface area contributed by atoms with Crippen LogP contribution in [0.25, 0.3) is 32.2 Å². The molecule has 6 rings (SSSR count). The minimum Gasteiger partial charge on any atom is -0.478 e. The number of aromatic nitrogens is 4. The molecule has 14 heteroatoms. The van der Waals surface area contributed by atoms with Gasteiger partial charge in [-0.3, -0.25) is 19.2 Å². The molecule has 0 radical (unpaired) electrons. The van der Waals surface area contributed by atoms with E-state index in [1.807, 2.05) is 18.9 Å². The van der Waals surface area contributed by atoms with Gasteiger partial charge in [-0.05, 0) is 51.0 Å². The largest absolute Gasteiger partial charge is 0.478 e. The van der Waals surface area contributed by atoms with Crippen LogP contribution in [-0.4, -0.2) is 74.1 Å². The molecule has 5 aromatic rings. The van der Waals surface area contributed by atoms with Crippen LogP contribution in [0.3, 0.4) is 0 Å². The Bertz CT molecular complexity index is 2280. The highest BCUT2D eigenvalue weighted by Gasteiger charge is 2.36. The standard InChI is InChI=1S/C35H30ClF2N7O3S/c1-20-42-27-17-41-32(43(3)35(2)9-13-44(14-10-35)18-28(37)38)25(16-39)29(27)33(46)45(20)12-4-5-21-6-7-22(36)15-24(21)23-8-11-40-30-26(34(47)48)19-49-31(23)30/h6-8,11,15,17,19,28H,9-10,12-14,18H2,1-3H3,(H,47,48). The average Bonchev–Trinajstić information content (AvgIpc) is 3.52. The maximum absolute atomic E-state index is 14.0. The van der Waals surface area contributed by atoms with Crippen molar-refractivity contribution in [2.75, 3.05) is 31.6 Å². The van der Waals surface area contributed by atoms with Crippen molar-refractivity contribution in [1.29, 1.82) is 5.26 Å². The predicted molar refractivity (Wildman–Crippen MR) is 186 cm³/mol. The third kappa shape index (κ3) is 6.45. The van der Waals surface area contributed by atoms with E-state index in [4.69, 9.17) is 11.6 Å². The number of halogens is 3. The highest BCUT2D eigenvalue weighted by molar-refractivity contribution is 7.18. The number of alkyl halides is 2. The zero-order valence-electron chi connectivity index (χ0n) is 26.8. The lowest BCUT2D eigenvalue weighted by Gasteiger charge is -2.46. The van der Waals surface area contributed by atoms with Crippen molar-refractivity contribution < 1.29 is 18.7 Å². The van der Waals surface area contributed by atoms with Crippen LogP contribution < -0.4 is 10.5 Å². The van der Waals surface area contributed by atoms with Crippen molar-refractivity contribution in [3.63, 3.8) is 0 Å². The smallest absolute Gasteiger partial charge is 0.338 e. The summed E-state index contributed by atoms with van der Waals surface area (Å²) >= 11 is 7.64. The van der Waals surface area contributed by atoms with Crippen LogP contribution in [0.2, 0.25) is 5.02 Å². The van der Waals surface area contributed by atoms with Crippen molar-refractivity contribution >= 4 is 55.8 Å². The summed E-state index contributed by atoms with van der Waals surface area (Å²) in [6, 6.07) is 9.17. The van der Waals surface area contributed by atoms with Crippen LogP contribution in [0.1, 0.15) is 47.1 Å². The molecule has 0 bridgehead atoms. The molecule has 1 N–H and O–H groups in total. The second kappa shape index (κ2) is 13.5. The number of rotatable bonds is 7. The summed E-state index contributed by atoms with van der Waals surface area (Å²) in [6.45, 7) is 4.34. The number of nitrogens with zero attached hydrogens (tertiary/aromatic N) is 7. The van der Waals surface area contributed by atoms with Crippen LogP contribution in [0.4, 0.5) is 14.6 Å². The molecule has 5 heterocycles. The van der Waals surface area contributed by atoms with Gasteiger partial charge in [-0.15, -0.1) is 11.3 Å². The molecule has 10 nitrogen and oxygen atoms in total. The molecular weight excluding hydrogens is 672 g/mol. The van der Waals surface area contributed by atoms with Gasteiger partial charge in [-0.1, -0.05) is 23.4 Å². The molecule has 1 saturated heterocycles. The molecule has 1 aromatic carbocycles. The first-order valence-corrected chi connectivity index (χ1v) is 16.6. The molecule has 49 heavy (non-hydrogen) atoms. The molecule has 1 aliphatic rings. The number of carboxylic acid groups (broad SMARTS) is 1. The van der Waals surface area contributed by atoms with Crippen LogP contribution >= 0.6 is 22.9 Å². The van der Waals surface area contributed by atoms with Gasteiger partial charge in [0.2, 0.25) is 0 Å². The van der Waals surface area contributed by atoms with E-state index < -0.39 is 23.5 Å². The minimum atomic E-state index is -2.40. The van der Waals surface area contributed by atoms with Gasteiger partial charge in [0.25, 0.3) is 12.0 Å². The molecule has 0 amide bonds. The number of carboxylic acids is 1. The molecule has 0 aliphatic carbocycles. The Morgan fingerprint density at radius 1 is 1.22 bits per heavy atom. The number of anilines is 1. The monoisotopic (exact) mass is 701 g/mol.